The van der Waals surface area contributed by atoms with E-state index >= 15 is 0 Å². The number of hydrogen-bond acceptors (Lipinski definition) is 4. The van der Waals surface area contributed by atoms with E-state index in [9.17, 15) is 0 Å². The van der Waals surface area contributed by atoms with Crippen molar-refractivity contribution < 1.29 is 0 Å². The Morgan fingerprint density at radius 3 is 1.28 bits per heavy atom. The molecule has 0 spiro atoms. The number of benzene rings is 14. The minimum absolute atomic E-state index is 0.246. The first-order chi connectivity index (χ1) is 50.5. The third kappa shape index (κ3) is 9.28. The van der Waals surface area contributed by atoms with Crippen molar-refractivity contribution in [1.29, 1.82) is 0 Å². The van der Waals surface area contributed by atoms with Crippen molar-refractivity contribution >= 4 is 98.6 Å². The molecule has 0 amide bonds. The van der Waals surface area contributed by atoms with Gasteiger partial charge < -0.3 is 9.13 Å². The molecule has 0 aliphatic heterocycles. The maximum absolute atomic E-state index is 6.90. The van der Waals surface area contributed by atoms with Crippen molar-refractivity contribution in [2.75, 3.05) is 0 Å². The summed E-state index contributed by atoms with van der Waals surface area (Å²) < 4.78 is 7.05. The predicted molar refractivity (Wildman–Crippen MR) is 428 cm³/mol. The van der Waals surface area contributed by atoms with E-state index < -0.39 is 0 Å². The fourth-order valence-electron chi connectivity index (χ4n) is 17.2. The Hall–Kier alpha value is -12.6. The van der Waals surface area contributed by atoms with Gasteiger partial charge in [-0.2, -0.15) is 0 Å². The molecule has 0 saturated heterocycles. The lowest BCUT2D eigenvalue weighted by Gasteiger charge is -2.22. The summed E-state index contributed by atoms with van der Waals surface area (Å²) >= 11 is 6.90. The van der Waals surface area contributed by atoms with Crippen LogP contribution in [0, 0.1) is 0 Å². The molecule has 0 radical (unpaired) electrons. The highest BCUT2D eigenvalue weighted by atomic mass is 35.5. The molecule has 3 aliphatic rings. The van der Waals surface area contributed by atoms with E-state index in [1.165, 1.54) is 81.9 Å². The smallest absolute Gasteiger partial charge is 0.165 e. The maximum Gasteiger partial charge on any atom is 0.165 e. The number of para-hydroxylation sites is 5. The molecular formula is C95H66ClN7. The highest BCUT2D eigenvalue weighted by Gasteiger charge is 2.41. The van der Waals surface area contributed by atoms with Crippen LogP contribution in [0.4, 0.5) is 0 Å². The zero-order valence-corrected chi connectivity index (χ0v) is 58.0. The van der Waals surface area contributed by atoms with Gasteiger partial charge >= 0.3 is 0 Å². The molecule has 0 N–H and O–H groups in total. The fourth-order valence-corrected chi connectivity index (χ4v) is 17.4. The van der Waals surface area contributed by atoms with Crippen molar-refractivity contribution in [3.8, 4) is 73.3 Å². The summed E-state index contributed by atoms with van der Waals surface area (Å²) in [7, 11) is 0. The van der Waals surface area contributed by atoms with Gasteiger partial charge in [-0.1, -0.05) is 282 Å². The van der Waals surface area contributed by atoms with Gasteiger partial charge in [0.2, 0.25) is 0 Å². The minimum atomic E-state index is -0.310. The lowest BCUT2D eigenvalue weighted by molar-refractivity contribution is 0.635. The molecule has 14 aromatic carbocycles. The molecule has 8 heteroatoms. The lowest BCUT2D eigenvalue weighted by Crippen LogP contribution is -2.18. The molecule has 5 aromatic heterocycles. The summed E-state index contributed by atoms with van der Waals surface area (Å²) in [6, 6.07) is 112. The van der Waals surface area contributed by atoms with Gasteiger partial charge in [0.05, 0.1) is 55.9 Å². The van der Waals surface area contributed by atoms with Gasteiger partial charge in [-0.05, 0) is 134 Å². The summed E-state index contributed by atoms with van der Waals surface area (Å²) in [6.07, 6.45) is 1.08. The highest BCUT2D eigenvalue weighted by molar-refractivity contribution is 6.33. The quantitative estimate of drug-likeness (QED) is 0.172. The average Bonchev–Trinajstić information content (AvgIpc) is 1.57. The van der Waals surface area contributed by atoms with Gasteiger partial charge in [0.15, 0.2) is 11.0 Å². The molecule has 488 valence electrons. The van der Waals surface area contributed by atoms with E-state index in [4.69, 9.17) is 31.5 Å². The molecule has 19 aromatic rings. The van der Waals surface area contributed by atoms with Crippen LogP contribution >= 0.6 is 11.6 Å². The van der Waals surface area contributed by atoms with Gasteiger partial charge in [0.25, 0.3) is 0 Å². The summed E-state index contributed by atoms with van der Waals surface area (Å²) in [5.41, 5.74) is 26.5. The van der Waals surface area contributed by atoms with E-state index in [2.05, 4.69) is 345 Å². The van der Waals surface area contributed by atoms with Gasteiger partial charge in [-0.25, -0.2) is 19.9 Å². The molecule has 3 aliphatic carbocycles. The van der Waals surface area contributed by atoms with Crippen LogP contribution in [0.25, 0.3) is 160 Å². The Morgan fingerprint density at radius 2 is 0.699 bits per heavy atom. The normalized spacial score (nSPS) is 13.4. The number of aromatic nitrogens is 7. The maximum atomic E-state index is 6.90. The monoisotopic (exact) mass is 1340 g/mol. The van der Waals surface area contributed by atoms with Crippen LogP contribution in [-0.2, 0) is 17.3 Å². The molecule has 7 nitrogen and oxygen atoms in total. The molecule has 5 heterocycles. The number of hydrogen-bond donors (Lipinski definition) is 0. The topological polar surface area (TPSA) is 66.3 Å². The Morgan fingerprint density at radius 1 is 0.282 bits per heavy atom. The third-order valence-corrected chi connectivity index (χ3v) is 22.2. The van der Waals surface area contributed by atoms with E-state index in [1.807, 2.05) is 12.1 Å². The summed E-state index contributed by atoms with van der Waals surface area (Å²) in [5.74, 6) is 0.840. The number of nitrogens with zero attached hydrogens (tertiary/aromatic N) is 7. The molecule has 0 bridgehead atoms. The molecule has 22 rings (SSSR count). The second-order valence-corrected chi connectivity index (χ2v) is 28.9. The second-order valence-electron chi connectivity index (χ2n) is 28.5. The average molecular weight is 1340 g/mol. The van der Waals surface area contributed by atoms with Crippen LogP contribution in [-0.4, -0.2) is 33.6 Å². The van der Waals surface area contributed by atoms with Crippen molar-refractivity contribution in [2.45, 2.75) is 44.9 Å². The minimum Gasteiger partial charge on any atom is -0.309 e. The fraction of sp³-hybridized carbons (Fsp3) is 0.0737. The van der Waals surface area contributed by atoms with Crippen LogP contribution in [0.2, 0.25) is 5.15 Å². The van der Waals surface area contributed by atoms with E-state index in [0.29, 0.717) is 5.15 Å². The Balaban J connectivity index is 0.000000117. The number of halogens is 1. The van der Waals surface area contributed by atoms with E-state index in [0.717, 1.165) is 119 Å². The van der Waals surface area contributed by atoms with Crippen LogP contribution in [0.5, 0.6) is 0 Å². The predicted octanol–water partition coefficient (Wildman–Crippen LogP) is 24.4. The molecule has 0 atom stereocenters. The summed E-state index contributed by atoms with van der Waals surface area (Å²) in [5, 5.41) is 12.6. The van der Waals surface area contributed by atoms with Crippen molar-refractivity contribution in [3.05, 3.63) is 354 Å². The highest BCUT2D eigenvalue weighted by Crippen LogP contribution is 2.52. The summed E-state index contributed by atoms with van der Waals surface area (Å²) in [6.45, 7) is 8.99. The largest absolute Gasteiger partial charge is 0.309 e. The van der Waals surface area contributed by atoms with Crippen LogP contribution in [0.15, 0.2) is 315 Å². The molecule has 0 fully saturated rings. The zero-order valence-electron chi connectivity index (χ0n) is 57.2. The number of fused-ring (bicyclic) bond motifs is 20. The Kier molecular flexibility index (Phi) is 13.6. The van der Waals surface area contributed by atoms with Gasteiger partial charge in [-0.3, -0.25) is 4.57 Å². The van der Waals surface area contributed by atoms with E-state index in [1.54, 1.807) is 0 Å². The standard InChI is InChI=1S/C47H32N4.C31H22ClN3.C17H12/c1-47(2)37-23-11-8-20-33(37)43-45(47)48-44(35-22-14-26-40-42(35)34-21-10-13-25-39(34)50(40)31-17-4-3-5-18-31)46(49-43)51-38-24-12-9-19-32(38)36-27-29-15-6-7-16-30(29)28-41(36)51;1-31(2)23-16-8-6-13-20(23)27-29(31)33-28(30(32)34-27)22-15-10-18-25-26(22)21-14-7-9-17-24(21)35(25)19-11-4-3-5-12-19;1-2-6-13-11-17-15(9-12(13)5-1)10-14-7-3-4-8-16(14)17/h3-28H,1-2H3;3-18H,1-2H3;1-9,11H,10H2. The van der Waals surface area contributed by atoms with Crippen molar-refractivity contribution in [3.63, 3.8) is 0 Å². The van der Waals surface area contributed by atoms with Gasteiger partial charge in [-0.15, -0.1) is 0 Å². The van der Waals surface area contributed by atoms with Crippen molar-refractivity contribution in [2.24, 2.45) is 0 Å². The SMILES string of the molecule is CC1(C)c2ccccc2-c2nc(-n3c4ccccc4c4cc5ccccc5cc43)c(-c3cccc4c3c3ccccc3n4-c3ccccc3)nc21.CC1(C)c2ccccc2-c2nc(Cl)c(-c3cccc4c3c3ccccc3n4-c3ccccc3)nc21.c1ccc2c(c1)Cc1cc3ccccc3cc1-2. The molecule has 103 heavy (non-hydrogen) atoms. The van der Waals surface area contributed by atoms with Crippen molar-refractivity contribution in [1.82, 2.24) is 33.6 Å². The first-order valence-corrected chi connectivity index (χ1v) is 35.8. The van der Waals surface area contributed by atoms with Crippen LogP contribution in [0.3, 0.4) is 0 Å². The molecule has 0 unspecified atom stereocenters. The first-order valence-electron chi connectivity index (χ1n) is 35.4. The van der Waals surface area contributed by atoms with E-state index in [-0.39, 0.29) is 10.8 Å². The van der Waals surface area contributed by atoms with Gasteiger partial charge in [0.1, 0.15) is 11.4 Å². The zero-order chi connectivity index (χ0) is 68.8. The summed E-state index contributed by atoms with van der Waals surface area (Å²) in [4.78, 5) is 21.6. The molecular weight excluding hydrogens is 1270 g/mol. The third-order valence-electron chi connectivity index (χ3n) is 22.0. The Labute approximate surface area is 600 Å². The van der Waals surface area contributed by atoms with Gasteiger partial charge in [0, 0.05) is 76.8 Å². The Bertz CT molecular complexity index is 6730. The number of rotatable bonds is 5. The lowest BCUT2D eigenvalue weighted by atomic mass is 9.85. The first kappa shape index (κ1) is 60.4. The second kappa shape index (κ2) is 23.3. The van der Waals surface area contributed by atoms with Crippen LogP contribution < -0.4 is 0 Å². The molecule has 0 saturated carbocycles. The van der Waals surface area contributed by atoms with Crippen LogP contribution in [0.1, 0.15) is 61.3 Å².